The molecule has 0 radical (unpaired) electrons. The lowest BCUT2D eigenvalue weighted by molar-refractivity contribution is -0.135. The first-order valence-corrected chi connectivity index (χ1v) is 6.73. The van der Waals surface area contributed by atoms with Crippen molar-refractivity contribution in [3.05, 3.63) is 0 Å². The number of rotatable bonds is 4. The number of hydrogen-bond donors (Lipinski definition) is 2. The van der Waals surface area contributed by atoms with Gasteiger partial charge in [-0.1, -0.05) is 19.1 Å². The number of carbonyl (C=O) groups is 1. The summed E-state index contributed by atoms with van der Waals surface area (Å²) in [6, 6.07) is 0. The maximum Gasteiger partial charge on any atom is 0.233 e. The van der Waals surface area contributed by atoms with E-state index in [2.05, 4.69) is 12.2 Å². The van der Waals surface area contributed by atoms with Gasteiger partial charge in [-0.3, -0.25) is 4.79 Å². The lowest BCUT2D eigenvalue weighted by atomic mass is 9.62. The zero-order valence-corrected chi connectivity index (χ0v) is 11.4. The van der Waals surface area contributed by atoms with Gasteiger partial charge in [0.15, 0.2) is 0 Å². The molecule has 6 heteroatoms. The molecule has 1 aliphatic carbocycles. The fraction of sp³-hybridized carbons (Fsp3) is 0.833. The molecule has 2 aliphatic rings. The van der Waals surface area contributed by atoms with Gasteiger partial charge in [-0.25, -0.2) is 0 Å². The minimum absolute atomic E-state index is 0.0661. The van der Waals surface area contributed by atoms with E-state index >= 15 is 0 Å². The molecule has 2 rings (SSSR count). The Hall–Kier alpha value is -0.720. The Morgan fingerprint density at radius 1 is 1.50 bits per heavy atom. The van der Waals surface area contributed by atoms with E-state index in [1.165, 1.54) is 0 Å². The van der Waals surface area contributed by atoms with Crippen molar-refractivity contribution in [2.75, 3.05) is 26.4 Å². The van der Waals surface area contributed by atoms with Crippen molar-refractivity contribution in [1.29, 1.82) is 0 Å². The molecule has 5 nitrogen and oxygen atoms in total. The third-order valence-corrected chi connectivity index (χ3v) is 4.07. The molecule has 0 aromatic carbocycles. The Morgan fingerprint density at radius 3 is 2.72 bits per heavy atom. The molecule has 0 aromatic heterocycles. The van der Waals surface area contributed by atoms with Gasteiger partial charge in [-0.05, 0) is 18.8 Å². The van der Waals surface area contributed by atoms with Gasteiger partial charge in [-0.2, -0.15) is 0 Å². The van der Waals surface area contributed by atoms with Crippen molar-refractivity contribution in [2.45, 2.75) is 25.9 Å². The summed E-state index contributed by atoms with van der Waals surface area (Å²) in [6.07, 6.45) is 1.43. The smallest absolute Gasteiger partial charge is 0.233 e. The minimum Gasteiger partial charge on any atom is -0.392 e. The number of thiocarbonyl (C=S) groups is 1. The van der Waals surface area contributed by atoms with Gasteiger partial charge in [0, 0.05) is 6.54 Å². The van der Waals surface area contributed by atoms with Crippen LogP contribution in [0.25, 0.3) is 0 Å². The molecule has 1 aliphatic heterocycles. The first-order valence-electron chi connectivity index (χ1n) is 6.32. The van der Waals surface area contributed by atoms with Gasteiger partial charge in [0.05, 0.1) is 36.3 Å². The summed E-state index contributed by atoms with van der Waals surface area (Å²) in [5.41, 5.74) is 5.08. The van der Waals surface area contributed by atoms with Crippen molar-refractivity contribution < 1.29 is 14.3 Å². The molecular formula is C12H20N2O3S. The molecule has 1 atom stereocenters. The third-order valence-electron chi connectivity index (χ3n) is 3.68. The Morgan fingerprint density at radius 2 is 2.22 bits per heavy atom. The third kappa shape index (κ3) is 2.65. The van der Waals surface area contributed by atoms with Gasteiger partial charge in [0.2, 0.25) is 5.91 Å². The van der Waals surface area contributed by atoms with Crippen LogP contribution in [0.5, 0.6) is 0 Å². The van der Waals surface area contributed by atoms with Gasteiger partial charge in [0.1, 0.15) is 0 Å². The van der Waals surface area contributed by atoms with Crippen LogP contribution in [0.4, 0.5) is 0 Å². The summed E-state index contributed by atoms with van der Waals surface area (Å²) >= 11 is 5.04. The van der Waals surface area contributed by atoms with Crippen LogP contribution in [0.2, 0.25) is 0 Å². The van der Waals surface area contributed by atoms with Crippen molar-refractivity contribution in [3.8, 4) is 0 Å². The monoisotopic (exact) mass is 272 g/mol. The predicted octanol–water partition coefficient (Wildman–Crippen LogP) is 0.220. The van der Waals surface area contributed by atoms with Gasteiger partial charge >= 0.3 is 0 Å². The first kappa shape index (κ1) is 13.7. The highest BCUT2D eigenvalue weighted by Gasteiger charge is 2.50. The van der Waals surface area contributed by atoms with Crippen LogP contribution in [-0.4, -0.2) is 43.4 Å². The van der Waals surface area contributed by atoms with E-state index in [1.807, 2.05) is 0 Å². The molecule has 0 aromatic rings. The van der Waals surface area contributed by atoms with E-state index in [4.69, 9.17) is 27.4 Å². The Balaban J connectivity index is 1.84. The zero-order chi connectivity index (χ0) is 13.2. The number of ether oxygens (including phenoxy) is 2. The number of nitrogens with one attached hydrogen (secondary N) is 1. The van der Waals surface area contributed by atoms with Crippen LogP contribution >= 0.6 is 12.2 Å². The highest BCUT2D eigenvalue weighted by molar-refractivity contribution is 7.80. The number of nitrogens with two attached hydrogens (primary N) is 1. The predicted molar refractivity (Wildman–Crippen MR) is 71.2 cm³/mol. The van der Waals surface area contributed by atoms with Crippen molar-refractivity contribution in [2.24, 2.45) is 17.1 Å². The molecule has 1 saturated heterocycles. The first-order chi connectivity index (χ1) is 8.54. The van der Waals surface area contributed by atoms with E-state index in [0.717, 1.165) is 12.8 Å². The summed E-state index contributed by atoms with van der Waals surface area (Å²) in [7, 11) is 0. The summed E-state index contributed by atoms with van der Waals surface area (Å²) in [5, 5.41) is 2.89. The molecule has 1 amide bonds. The lowest BCUT2D eigenvalue weighted by Crippen LogP contribution is -2.57. The summed E-state index contributed by atoms with van der Waals surface area (Å²) < 4.78 is 10.7. The standard InChI is InChI=1S/C12H20N2O3S/c1-8-4-12(5-8,10(13)18)11(15)14-6-9-7-16-2-3-17-9/h8-9H,2-7H2,1H3,(H2,13,18)(H,14,15). The second-order valence-corrected chi connectivity index (χ2v) is 5.68. The van der Waals surface area contributed by atoms with Crippen LogP contribution < -0.4 is 11.1 Å². The van der Waals surface area contributed by atoms with Crippen LogP contribution in [-0.2, 0) is 14.3 Å². The lowest BCUT2D eigenvalue weighted by Gasteiger charge is -2.44. The van der Waals surface area contributed by atoms with E-state index < -0.39 is 5.41 Å². The van der Waals surface area contributed by atoms with Gasteiger partial charge in [0.25, 0.3) is 0 Å². The van der Waals surface area contributed by atoms with Crippen LogP contribution in [0, 0.1) is 11.3 Å². The van der Waals surface area contributed by atoms with Crippen LogP contribution in [0.1, 0.15) is 19.8 Å². The Labute approximate surface area is 112 Å². The summed E-state index contributed by atoms with van der Waals surface area (Å²) in [6.45, 7) is 4.28. The topological polar surface area (TPSA) is 73.6 Å². The van der Waals surface area contributed by atoms with Crippen molar-refractivity contribution in [1.82, 2.24) is 5.32 Å². The van der Waals surface area contributed by atoms with E-state index in [1.54, 1.807) is 0 Å². The molecule has 18 heavy (non-hydrogen) atoms. The second kappa shape index (κ2) is 5.50. The van der Waals surface area contributed by atoms with Crippen molar-refractivity contribution >= 4 is 23.1 Å². The second-order valence-electron chi connectivity index (χ2n) is 5.24. The maximum absolute atomic E-state index is 12.2. The normalized spacial score (nSPS) is 35.6. The average molecular weight is 272 g/mol. The average Bonchev–Trinajstić information content (AvgIpc) is 2.32. The Bertz CT molecular complexity index is 336. The summed E-state index contributed by atoms with van der Waals surface area (Å²) in [4.78, 5) is 12.5. The molecule has 2 fully saturated rings. The van der Waals surface area contributed by atoms with E-state index in [9.17, 15) is 4.79 Å². The van der Waals surface area contributed by atoms with Crippen LogP contribution in [0.3, 0.4) is 0 Å². The SMILES string of the molecule is CC1CC(C(=O)NCC2COCCO2)(C(N)=S)C1. The molecule has 3 N–H and O–H groups in total. The number of amides is 1. The molecule has 1 unspecified atom stereocenters. The molecular weight excluding hydrogens is 252 g/mol. The highest BCUT2D eigenvalue weighted by atomic mass is 32.1. The number of carbonyl (C=O) groups excluding carboxylic acids is 1. The van der Waals surface area contributed by atoms with Crippen molar-refractivity contribution in [3.63, 3.8) is 0 Å². The minimum atomic E-state index is -0.635. The van der Waals surface area contributed by atoms with Crippen LogP contribution in [0.15, 0.2) is 0 Å². The largest absolute Gasteiger partial charge is 0.392 e. The zero-order valence-electron chi connectivity index (χ0n) is 10.6. The fourth-order valence-corrected chi connectivity index (χ4v) is 2.92. The number of hydrogen-bond acceptors (Lipinski definition) is 4. The maximum atomic E-state index is 12.2. The molecule has 0 spiro atoms. The molecule has 0 bridgehead atoms. The molecule has 1 heterocycles. The molecule has 1 saturated carbocycles. The Kier molecular flexibility index (Phi) is 4.19. The quantitative estimate of drug-likeness (QED) is 0.716. The highest BCUT2D eigenvalue weighted by Crippen LogP contribution is 2.45. The van der Waals surface area contributed by atoms with E-state index in [-0.39, 0.29) is 12.0 Å². The van der Waals surface area contributed by atoms with Gasteiger partial charge in [-0.15, -0.1) is 0 Å². The van der Waals surface area contributed by atoms with E-state index in [0.29, 0.717) is 37.3 Å². The molecule has 102 valence electrons. The van der Waals surface area contributed by atoms with Gasteiger partial charge < -0.3 is 20.5 Å². The summed E-state index contributed by atoms with van der Waals surface area (Å²) in [5.74, 6) is 0.439. The fourth-order valence-electron chi connectivity index (χ4n) is 2.66.